The maximum Gasteiger partial charge on any atom is 0.324 e. The van der Waals surface area contributed by atoms with Gasteiger partial charge in [-0.1, -0.05) is 262 Å². The lowest BCUT2D eigenvalue weighted by atomic mass is 9.47. The van der Waals surface area contributed by atoms with E-state index in [9.17, 15) is 0 Å². The molecule has 132 heavy (non-hydrogen) atoms. The van der Waals surface area contributed by atoms with E-state index in [2.05, 4.69) is 184 Å². The minimum atomic E-state index is -0.926. The zero-order valence-corrected chi connectivity index (χ0v) is 88.0. The summed E-state index contributed by atoms with van der Waals surface area (Å²) in [6, 6.07) is -3.70. The summed E-state index contributed by atoms with van der Waals surface area (Å²) in [4.78, 5) is 62.9. The van der Waals surface area contributed by atoms with Gasteiger partial charge in [0.2, 0.25) is 0 Å². The lowest BCUT2D eigenvalue weighted by Gasteiger charge is -2.58. The average Bonchev–Trinajstić information content (AvgIpc) is 1.56. The average molecular weight is 1820 g/mol. The largest absolute Gasteiger partial charge is 0.461 e. The summed E-state index contributed by atoms with van der Waals surface area (Å²) in [5.74, 6) is 16.3. The normalized spacial score (nSPS) is 45.0. The third kappa shape index (κ3) is 19.5. The van der Waals surface area contributed by atoms with E-state index in [0.717, 1.165) is 197 Å². The van der Waals surface area contributed by atoms with Crippen LogP contribution in [0.3, 0.4) is 0 Å². The lowest BCUT2D eigenvalue weighted by Crippen LogP contribution is -2.61. The minimum absolute atomic E-state index is 0.0472. The molecule has 0 radical (unpaired) electrons. The fourth-order valence-electron chi connectivity index (χ4n) is 38.0. The highest BCUT2D eigenvalue weighted by Crippen LogP contribution is 2.73. The molecule has 0 aromatic rings. The number of nitrogens with one attached hydrogen (secondary N) is 4. The van der Waals surface area contributed by atoms with Crippen molar-refractivity contribution in [2.75, 3.05) is 26.2 Å². The van der Waals surface area contributed by atoms with Gasteiger partial charge in [-0.05, 0) is 365 Å². The molecule has 17 rings (SSSR count). The van der Waals surface area contributed by atoms with Crippen LogP contribution in [0, 0.1) is 185 Å². The summed E-state index contributed by atoms with van der Waals surface area (Å²) in [6.07, 6.45) is 61.5. The summed E-state index contributed by atoms with van der Waals surface area (Å²) >= 11 is 0. The number of hydrogen-bond acceptors (Lipinski definition) is 12. The van der Waals surface area contributed by atoms with Crippen LogP contribution in [-0.2, 0) is 38.1 Å². The number of carbonyl (C=O) groups is 4. The SMILES string of the molecule is CC(C)CCC[C@@H](C)[C@H]1CC[C@H]2[C@@H]3CC=C4C[C@@H](OC(=O)C5CNC(C(=O)O[C@H]6CC[C@@]7(C)C(=CC[C@H]8[C@@H]9CC[C@H]([C@H](C)CCCC(C)C)[C@@]9(C)CC[C@@H]87)C6)CNC(C(=O)O[C@H]6CC[C@@]7(C)C(=CC[C@H]8[C@@H]9CC[C@H]([C@H](C)CCCC(C)C)[C@@]9(C)CC[C@@H]87)C6)CNC(C(=O)O[C@H]6CC[C@@]7(C)C(=CC[C@H]8[C@@H]9CC[C@H]([C@H](C)CCCC(C)C)[C@@]9(C)CC[C@@H]87)C6)CN5)CC[C@]4(C)[C@H]3CC[C@]12C. The summed E-state index contributed by atoms with van der Waals surface area (Å²) < 4.78 is 27.7. The first-order chi connectivity index (χ1) is 62.9. The second-order valence-electron chi connectivity index (χ2n) is 54.2. The number of rotatable bonds is 28. The molecule has 12 saturated carbocycles. The van der Waals surface area contributed by atoms with Crippen molar-refractivity contribution in [3.05, 3.63) is 46.6 Å². The molecule has 0 aromatic heterocycles. The van der Waals surface area contributed by atoms with Crippen molar-refractivity contribution in [1.82, 2.24) is 21.3 Å². The minimum Gasteiger partial charge on any atom is -0.461 e. The summed E-state index contributed by atoms with van der Waals surface area (Å²) in [6.45, 7) is 50.7. The molecule has 1 heterocycles. The third-order valence-corrected chi connectivity index (χ3v) is 45.6. The molecule has 0 amide bonds. The predicted molar refractivity (Wildman–Crippen MR) is 539 cm³/mol. The zero-order valence-electron chi connectivity index (χ0n) is 88.0. The maximum absolute atomic E-state index is 15.7. The first kappa shape index (κ1) is 100. The maximum atomic E-state index is 15.7. The quantitative estimate of drug-likeness (QED) is 0.0335. The van der Waals surface area contributed by atoms with E-state index in [1.807, 2.05) is 0 Å². The van der Waals surface area contributed by atoms with E-state index in [0.29, 0.717) is 69.0 Å². The van der Waals surface area contributed by atoms with E-state index >= 15 is 19.2 Å². The van der Waals surface area contributed by atoms with Crippen LogP contribution in [0.2, 0.25) is 0 Å². The molecule has 12 nitrogen and oxygen atoms in total. The van der Waals surface area contributed by atoms with Crippen molar-refractivity contribution in [1.29, 1.82) is 0 Å². The van der Waals surface area contributed by atoms with Crippen LogP contribution in [0.1, 0.15) is 421 Å². The van der Waals surface area contributed by atoms with E-state index in [1.165, 1.54) is 202 Å². The van der Waals surface area contributed by atoms with E-state index in [-0.39, 0.29) is 96.1 Å². The summed E-state index contributed by atoms with van der Waals surface area (Å²) in [7, 11) is 0. The standard InChI is InChI=1S/C120H196N4O8/c1-73(2)25-21-29-77(9)93-41-45-97-89-37-33-81-65-85(49-57-113(81,13)101(89)53-61-117(93,97)17)129-109(125)105-69-122-107(111(127)131-87-51-59-115(15)83(67-87)35-39-91-99-47-43-95(79(11)31-23-27-75(5)6)119(99,19)63-55-103(91)115)71-124-108(112(128)132-88-52-60-116(16)84(68-88)36-40-92-100-48-44-96(80(12)32-24-28-76(7)8)120(100,20)64-56-104(92)116)72-123-106(70-121-105)110(126)130-86-50-58-114(14)82(66-86)34-38-90-98-46-42-94(78(10)30-22-26-74(3)4)118(98,18)62-54-102(90)114/h33-36,73-80,85-108,121-124H,21-32,37-72H2,1-20H3/t77-,78-,79-,80-,85+,86+,87+,88+,89+,90+,91+,92+,93-,94-,95-,96-,97+,98+,99+,100+,101+,102+,103+,104+,105?,106?,107?,108?,113+,114+,115+,116+,117-,118-,119-,120-/m1/s1. The Hall–Kier alpha value is -3.32. The molecule has 0 aromatic carbocycles. The van der Waals surface area contributed by atoms with Gasteiger partial charge >= 0.3 is 23.9 Å². The molecule has 1 saturated heterocycles. The molecule has 744 valence electrons. The van der Waals surface area contributed by atoms with Crippen molar-refractivity contribution in [2.45, 2.75) is 470 Å². The monoisotopic (exact) mass is 1820 g/mol. The van der Waals surface area contributed by atoms with Gasteiger partial charge in [-0.3, -0.25) is 19.2 Å². The highest BCUT2D eigenvalue weighted by Gasteiger charge is 2.65. The fraction of sp³-hybridized carbons (Fsp3) is 0.900. The Morgan fingerprint density at radius 3 is 0.674 bits per heavy atom. The van der Waals surface area contributed by atoms with Crippen LogP contribution >= 0.6 is 0 Å². The molecule has 36 atom stereocenters. The Labute approximate surface area is 806 Å². The number of allylic oxidation sites excluding steroid dienone is 4. The predicted octanol–water partition coefficient (Wildman–Crippen LogP) is 27.6. The van der Waals surface area contributed by atoms with Crippen molar-refractivity contribution in [2.24, 2.45) is 185 Å². The van der Waals surface area contributed by atoms with E-state index in [1.54, 1.807) is 0 Å². The van der Waals surface area contributed by atoms with E-state index in [4.69, 9.17) is 18.9 Å². The number of ether oxygens (including phenoxy) is 4. The lowest BCUT2D eigenvalue weighted by molar-refractivity contribution is -0.158. The molecule has 17 aliphatic rings. The van der Waals surface area contributed by atoms with Crippen molar-refractivity contribution in [3.8, 4) is 0 Å². The molecule has 4 unspecified atom stereocenters. The Morgan fingerprint density at radius 2 is 0.477 bits per heavy atom. The van der Waals surface area contributed by atoms with Gasteiger partial charge in [0.15, 0.2) is 0 Å². The number of carbonyl (C=O) groups excluding carboxylic acids is 4. The van der Waals surface area contributed by atoms with Crippen LogP contribution in [0.25, 0.3) is 0 Å². The molecule has 12 heteroatoms. The van der Waals surface area contributed by atoms with Gasteiger partial charge in [0, 0.05) is 51.9 Å². The van der Waals surface area contributed by atoms with Gasteiger partial charge in [0.25, 0.3) is 0 Å². The van der Waals surface area contributed by atoms with Gasteiger partial charge in [-0.25, -0.2) is 0 Å². The van der Waals surface area contributed by atoms with Crippen molar-refractivity contribution in [3.63, 3.8) is 0 Å². The number of esters is 4. The molecular weight excluding hydrogens is 1630 g/mol. The van der Waals surface area contributed by atoms with Gasteiger partial charge in [-0.15, -0.1) is 0 Å². The van der Waals surface area contributed by atoms with Gasteiger partial charge in [-0.2, -0.15) is 0 Å². The first-order valence-electron chi connectivity index (χ1n) is 57.4. The molecule has 0 bridgehead atoms. The fourth-order valence-corrected chi connectivity index (χ4v) is 38.0. The molecule has 16 aliphatic carbocycles. The van der Waals surface area contributed by atoms with Crippen molar-refractivity contribution < 1.29 is 38.1 Å². The summed E-state index contributed by atoms with van der Waals surface area (Å²) in [5.41, 5.74) is 7.88. The van der Waals surface area contributed by atoms with Crippen LogP contribution in [0.5, 0.6) is 0 Å². The molecule has 0 spiro atoms. The Morgan fingerprint density at radius 1 is 0.273 bits per heavy atom. The van der Waals surface area contributed by atoms with Gasteiger partial charge in [0.05, 0.1) is 0 Å². The van der Waals surface area contributed by atoms with Crippen LogP contribution < -0.4 is 21.3 Å². The number of fused-ring (bicyclic) bond motifs is 20. The Kier molecular flexibility index (Phi) is 30.8. The second kappa shape index (κ2) is 40.6. The van der Waals surface area contributed by atoms with Gasteiger partial charge in [0.1, 0.15) is 48.6 Å². The van der Waals surface area contributed by atoms with Crippen LogP contribution in [-0.4, -0.2) is 98.6 Å². The van der Waals surface area contributed by atoms with Gasteiger partial charge < -0.3 is 40.2 Å². The topological polar surface area (TPSA) is 153 Å². The smallest absolute Gasteiger partial charge is 0.324 e. The first-order valence-corrected chi connectivity index (χ1v) is 57.4. The van der Waals surface area contributed by atoms with E-state index < -0.39 is 24.2 Å². The zero-order chi connectivity index (χ0) is 93.5. The molecule has 4 N–H and O–H groups in total. The van der Waals surface area contributed by atoms with Crippen LogP contribution in [0.15, 0.2) is 46.6 Å². The molecule has 13 fully saturated rings. The highest BCUT2D eigenvalue weighted by atomic mass is 16.6. The summed E-state index contributed by atoms with van der Waals surface area (Å²) in [5, 5.41) is 14.7. The Bertz CT molecular complexity index is 3590. The number of hydrogen-bond donors (Lipinski definition) is 4. The highest BCUT2D eigenvalue weighted by molar-refractivity contribution is 5.80. The molecule has 1 aliphatic heterocycles. The third-order valence-electron chi connectivity index (χ3n) is 45.6. The Balaban J connectivity index is 0.615. The molecular formula is C120H196N4O8. The van der Waals surface area contributed by atoms with Crippen molar-refractivity contribution >= 4 is 23.9 Å². The second-order valence-corrected chi connectivity index (χ2v) is 54.2. The van der Waals surface area contributed by atoms with Crippen LogP contribution in [0.4, 0.5) is 0 Å².